The Labute approximate surface area is 236 Å². The maximum absolute atomic E-state index is 13.7. The number of carbonyl (C=O) groups excluding carboxylic acids is 1. The number of nitrogens with zero attached hydrogens (tertiary/aromatic N) is 4. The zero-order valence-electron chi connectivity index (χ0n) is 22.6. The Morgan fingerprint density at radius 2 is 2.00 bits per heavy atom. The number of rotatable bonds is 13. The summed E-state index contributed by atoms with van der Waals surface area (Å²) < 4.78 is 37.3. The van der Waals surface area contributed by atoms with E-state index >= 15 is 0 Å². The summed E-state index contributed by atoms with van der Waals surface area (Å²) in [6.45, 7) is 3.15. The van der Waals surface area contributed by atoms with Crippen molar-refractivity contribution in [2.45, 2.75) is 50.6 Å². The van der Waals surface area contributed by atoms with Crippen LogP contribution in [-0.4, -0.2) is 68.9 Å². The van der Waals surface area contributed by atoms with E-state index in [1.165, 1.54) is 16.9 Å². The van der Waals surface area contributed by atoms with Crippen molar-refractivity contribution in [3.05, 3.63) is 54.5 Å². The van der Waals surface area contributed by atoms with E-state index in [4.69, 9.17) is 24.3 Å². The number of aliphatic hydroxyl groups is 2. The molecule has 1 aliphatic heterocycles. The minimum atomic E-state index is -4.26. The molecule has 0 aliphatic carbocycles. The molecule has 1 fully saturated rings. The van der Waals surface area contributed by atoms with E-state index in [9.17, 15) is 24.8 Å². The number of ether oxygens (including phenoxy) is 2. The van der Waals surface area contributed by atoms with Gasteiger partial charge in [-0.2, -0.15) is 10.4 Å². The first-order valence-electron chi connectivity index (χ1n) is 13.1. The standard InChI is InChI=1S/C26H33N6O8P/c1-3-17(4-2)13-37-22(33)12-31-41(36,40-18-8-6-5-7-9-18)38-14-20-23(34)24(35)26(15-27,39-20)21-11-10-19-25(28)29-16-30-32(19)21/h5-11,16-17,20,23-24,34-35H,3-4,12-14H2,1-2H3,(H,31,36)(H2,28,29,30)/t20-,23-,24-,26+,41?/m1/s1. The number of esters is 1. The summed E-state index contributed by atoms with van der Waals surface area (Å²) in [6.07, 6.45) is -1.84. The predicted octanol–water partition coefficient (Wildman–Crippen LogP) is 1.92. The number of hydrogen-bond acceptors (Lipinski definition) is 12. The molecule has 0 radical (unpaired) electrons. The molecular formula is C26H33N6O8P. The van der Waals surface area contributed by atoms with Crippen molar-refractivity contribution in [2.75, 3.05) is 25.5 Å². The van der Waals surface area contributed by atoms with Gasteiger partial charge in [-0.15, -0.1) is 0 Å². The molecule has 15 heteroatoms. The van der Waals surface area contributed by atoms with Crippen LogP contribution in [0.2, 0.25) is 0 Å². The molecular weight excluding hydrogens is 555 g/mol. The molecule has 0 saturated carbocycles. The third-order valence-electron chi connectivity index (χ3n) is 6.92. The van der Waals surface area contributed by atoms with Crippen molar-refractivity contribution in [1.29, 1.82) is 5.26 Å². The van der Waals surface area contributed by atoms with E-state index in [0.717, 1.165) is 12.8 Å². The molecule has 0 bridgehead atoms. The lowest BCUT2D eigenvalue weighted by Crippen LogP contribution is -2.41. The van der Waals surface area contributed by atoms with Gasteiger partial charge in [-0.05, 0) is 30.2 Å². The van der Waals surface area contributed by atoms with E-state index < -0.39 is 50.8 Å². The second-order valence-electron chi connectivity index (χ2n) is 9.50. The van der Waals surface area contributed by atoms with E-state index in [0.29, 0.717) is 5.52 Å². The molecule has 14 nitrogen and oxygen atoms in total. The Morgan fingerprint density at radius 1 is 1.27 bits per heavy atom. The fraction of sp³-hybridized carbons (Fsp3) is 0.462. The van der Waals surface area contributed by atoms with E-state index in [1.807, 2.05) is 19.9 Å². The largest absolute Gasteiger partial charge is 0.464 e. The van der Waals surface area contributed by atoms with Crippen molar-refractivity contribution in [1.82, 2.24) is 19.7 Å². The second kappa shape index (κ2) is 12.9. The van der Waals surface area contributed by atoms with Crippen LogP contribution >= 0.6 is 7.75 Å². The highest BCUT2D eigenvalue weighted by Crippen LogP contribution is 2.46. The van der Waals surface area contributed by atoms with Crippen LogP contribution < -0.4 is 15.3 Å². The second-order valence-corrected chi connectivity index (χ2v) is 11.3. The number of nitrogens with one attached hydrogen (secondary N) is 1. The number of nitrogens with two attached hydrogens (primary N) is 1. The molecule has 5 N–H and O–H groups in total. The van der Waals surface area contributed by atoms with Crippen molar-refractivity contribution in [3.8, 4) is 11.8 Å². The summed E-state index contributed by atoms with van der Waals surface area (Å²) in [4.78, 5) is 16.2. The molecule has 1 saturated heterocycles. The van der Waals surface area contributed by atoms with Gasteiger partial charge in [0.05, 0.1) is 18.9 Å². The lowest BCUT2D eigenvalue weighted by Gasteiger charge is -2.24. The SMILES string of the molecule is CCC(CC)COC(=O)CNP(=O)(OC[C@H]1O[C@@](C#N)(c2ccc3c(N)ncnn23)[C@H](O)[C@@H]1O)Oc1ccccc1. The monoisotopic (exact) mass is 588 g/mol. The first-order valence-corrected chi connectivity index (χ1v) is 14.6. The van der Waals surface area contributed by atoms with Crippen LogP contribution in [0.15, 0.2) is 48.8 Å². The van der Waals surface area contributed by atoms with Gasteiger partial charge < -0.3 is 29.9 Å². The first kappa shape index (κ1) is 30.4. The molecule has 1 aromatic carbocycles. The average Bonchev–Trinajstić information content (AvgIpc) is 3.52. The summed E-state index contributed by atoms with van der Waals surface area (Å²) in [6, 6.07) is 13.1. The summed E-state index contributed by atoms with van der Waals surface area (Å²) >= 11 is 0. The molecule has 4 rings (SSSR count). The van der Waals surface area contributed by atoms with Gasteiger partial charge in [0.15, 0.2) is 5.82 Å². The predicted molar refractivity (Wildman–Crippen MR) is 145 cm³/mol. The van der Waals surface area contributed by atoms with Crippen LogP contribution in [0.1, 0.15) is 32.4 Å². The number of nitriles is 1. The van der Waals surface area contributed by atoms with Gasteiger partial charge >= 0.3 is 13.7 Å². The first-order chi connectivity index (χ1) is 19.7. The number of para-hydroxylation sites is 1. The van der Waals surface area contributed by atoms with Gasteiger partial charge in [-0.1, -0.05) is 44.9 Å². The van der Waals surface area contributed by atoms with Crippen LogP contribution in [0.4, 0.5) is 5.82 Å². The minimum absolute atomic E-state index is 0.0974. The molecule has 0 amide bonds. The highest BCUT2D eigenvalue weighted by atomic mass is 31.2. The Hall–Kier alpha value is -3.57. The van der Waals surface area contributed by atoms with E-state index in [1.54, 1.807) is 36.4 Å². The maximum atomic E-state index is 13.7. The van der Waals surface area contributed by atoms with Crippen molar-refractivity contribution >= 4 is 25.1 Å². The number of nitrogen functional groups attached to an aromatic ring is 1. The Balaban J connectivity index is 1.50. The number of aliphatic hydroxyl groups excluding tert-OH is 2. The van der Waals surface area contributed by atoms with Crippen molar-refractivity contribution < 1.29 is 38.1 Å². The van der Waals surface area contributed by atoms with Crippen LogP contribution in [0, 0.1) is 17.2 Å². The number of hydrogen-bond donors (Lipinski definition) is 4. The van der Waals surface area contributed by atoms with Gasteiger partial charge in [0.25, 0.3) is 0 Å². The lowest BCUT2D eigenvalue weighted by molar-refractivity contribution is -0.143. The van der Waals surface area contributed by atoms with E-state index in [-0.39, 0.29) is 29.8 Å². The van der Waals surface area contributed by atoms with Crippen molar-refractivity contribution in [2.24, 2.45) is 5.92 Å². The molecule has 3 heterocycles. The number of benzene rings is 1. The number of carbonyl (C=O) groups is 1. The molecule has 220 valence electrons. The van der Waals surface area contributed by atoms with Crippen LogP contribution in [0.5, 0.6) is 5.75 Å². The Morgan fingerprint density at radius 3 is 2.68 bits per heavy atom. The zero-order chi connectivity index (χ0) is 29.6. The lowest BCUT2D eigenvalue weighted by atomic mass is 9.92. The highest BCUT2D eigenvalue weighted by molar-refractivity contribution is 7.52. The molecule has 1 aliphatic rings. The summed E-state index contributed by atoms with van der Waals surface area (Å²) in [5, 5.41) is 38.4. The zero-order valence-corrected chi connectivity index (χ0v) is 23.5. The third kappa shape index (κ3) is 6.51. The smallest absolute Gasteiger partial charge is 0.459 e. The molecule has 5 atom stereocenters. The molecule has 41 heavy (non-hydrogen) atoms. The number of aromatic nitrogens is 3. The summed E-state index contributed by atoms with van der Waals surface area (Å²) in [7, 11) is -4.26. The molecule has 0 spiro atoms. The highest BCUT2D eigenvalue weighted by Gasteiger charge is 2.58. The fourth-order valence-corrected chi connectivity index (χ4v) is 5.67. The third-order valence-corrected chi connectivity index (χ3v) is 8.40. The van der Waals surface area contributed by atoms with Gasteiger partial charge in [-0.25, -0.2) is 19.2 Å². The quantitative estimate of drug-likeness (QED) is 0.167. The van der Waals surface area contributed by atoms with Gasteiger partial charge in [0, 0.05) is 0 Å². The summed E-state index contributed by atoms with van der Waals surface area (Å²) in [5.74, 6) is -0.133. The van der Waals surface area contributed by atoms with E-state index in [2.05, 4.69) is 15.2 Å². The topological polar surface area (TPSA) is 204 Å². The summed E-state index contributed by atoms with van der Waals surface area (Å²) in [5.41, 5.74) is 4.28. The average molecular weight is 589 g/mol. The van der Waals surface area contributed by atoms with Crippen molar-refractivity contribution in [3.63, 3.8) is 0 Å². The fourth-order valence-electron chi connectivity index (χ4n) is 4.39. The van der Waals surface area contributed by atoms with Crippen LogP contribution in [0.3, 0.4) is 0 Å². The minimum Gasteiger partial charge on any atom is -0.464 e. The number of anilines is 1. The number of fused-ring (bicyclic) bond motifs is 1. The van der Waals surface area contributed by atoms with Gasteiger partial charge in [0.1, 0.15) is 48.5 Å². The molecule has 1 unspecified atom stereocenters. The normalized spacial score (nSPS) is 23.8. The van der Waals surface area contributed by atoms with Crippen LogP contribution in [0.25, 0.3) is 5.52 Å². The molecule has 3 aromatic rings. The van der Waals surface area contributed by atoms with Crippen LogP contribution in [-0.2, 0) is 29.0 Å². The Kier molecular flexibility index (Phi) is 9.60. The van der Waals surface area contributed by atoms with Gasteiger partial charge in [-0.3, -0.25) is 9.32 Å². The van der Waals surface area contributed by atoms with Gasteiger partial charge in [0.2, 0.25) is 5.60 Å². The maximum Gasteiger partial charge on any atom is 0.459 e. The molecule has 2 aromatic heterocycles. The Bertz CT molecular complexity index is 1430.